The van der Waals surface area contributed by atoms with Crippen LogP contribution in [0.1, 0.15) is 25.7 Å². The van der Waals surface area contributed by atoms with Crippen molar-refractivity contribution in [2.24, 2.45) is 0 Å². The highest BCUT2D eigenvalue weighted by Crippen LogP contribution is 2.01. The van der Waals surface area contributed by atoms with Crippen LogP contribution in [0.2, 0.25) is 0 Å². The number of carbonyl (C=O) groups is 2. The van der Waals surface area contributed by atoms with E-state index in [1.807, 2.05) is 0 Å². The van der Waals surface area contributed by atoms with Crippen LogP contribution >= 0.6 is 0 Å². The molecule has 0 radical (unpaired) electrons. The first-order chi connectivity index (χ1) is 5.66. The van der Waals surface area contributed by atoms with Gasteiger partial charge in [0.2, 0.25) is 0 Å². The Balaban J connectivity index is 3.25. The molecule has 0 fully saturated rings. The quantitative estimate of drug-likeness (QED) is 0.373. The van der Waals surface area contributed by atoms with E-state index in [0.717, 1.165) is 6.26 Å². The van der Waals surface area contributed by atoms with E-state index < -0.39 is 5.97 Å². The molecule has 0 atom stereocenters. The highest BCUT2D eigenvalue weighted by Gasteiger charge is 2.01. The van der Waals surface area contributed by atoms with E-state index in [-0.39, 0.29) is 18.8 Å². The van der Waals surface area contributed by atoms with E-state index in [1.165, 1.54) is 0 Å². The van der Waals surface area contributed by atoms with Gasteiger partial charge in [-0.1, -0.05) is 6.58 Å². The van der Waals surface area contributed by atoms with Crippen LogP contribution in [0.4, 0.5) is 0 Å². The van der Waals surface area contributed by atoms with Gasteiger partial charge in [0.1, 0.15) is 0 Å². The lowest BCUT2D eigenvalue weighted by Gasteiger charge is -1.97. The lowest BCUT2D eigenvalue weighted by atomic mass is 10.2. The Morgan fingerprint density at radius 2 is 1.92 bits per heavy atom. The predicted molar refractivity (Wildman–Crippen MR) is 42.4 cm³/mol. The third kappa shape index (κ3) is 6.80. The van der Waals surface area contributed by atoms with Crippen molar-refractivity contribution in [2.75, 3.05) is 0 Å². The zero-order chi connectivity index (χ0) is 9.40. The van der Waals surface area contributed by atoms with Crippen molar-refractivity contribution in [1.29, 1.82) is 0 Å². The lowest BCUT2D eigenvalue weighted by molar-refractivity contribution is -0.139. The van der Waals surface area contributed by atoms with Crippen LogP contribution in [0.25, 0.3) is 0 Å². The van der Waals surface area contributed by atoms with Crippen LogP contribution in [-0.4, -0.2) is 17.0 Å². The molecule has 0 aliphatic rings. The topological polar surface area (TPSA) is 63.6 Å². The maximum absolute atomic E-state index is 10.6. The second-order valence-electron chi connectivity index (χ2n) is 2.26. The average Bonchev–Trinajstić information content (AvgIpc) is 1.98. The third-order valence-corrected chi connectivity index (χ3v) is 1.24. The van der Waals surface area contributed by atoms with Gasteiger partial charge < -0.3 is 9.84 Å². The van der Waals surface area contributed by atoms with Gasteiger partial charge in [0.05, 0.1) is 6.26 Å². The van der Waals surface area contributed by atoms with Crippen molar-refractivity contribution in [1.82, 2.24) is 0 Å². The fourth-order valence-corrected chi connectivity index (χ4v) is 0.697. The first kappa shape index (κ1) is 10.7. The highest BCUT2D eigenvalue weighted by molar-refractivity contribution is 5.70. The Morgan fingerprint density at radius 3 is 2.42 bits per heavy atom. The van der Waals surface area contributed by atoms with Gasteiger partial charge in [0.15, 0.2) is 0 Å². The van der Waals surface area contributed by atoms with Gasteiger partial charge in [0.25, 0.3) is 0 Å². The molecule has 0 amide bonds. The molecular formula is C8H12O4. The summed E-state index contributed by atoms with van der Waals surface area (Å²) in [5, 5.41) is 8.25. The van der Waals surface area contributed by atoms with Gasteiger partial charge in [0, 0.05) is 12.8 Å². The Bertz CT molecular complexity index is 174. The maximum Gasteiger partial charge on any atom is 0.310 e. The molecule has 0 heterocycles. The number of aliphatic carboxylic acids is 1. The molecule has 0 aromatic heterocycles. The molecule has 0 aliphatic heterocycles. The van der Waals surface area contributed by atoms with Gasteiger partial charge >= 0.3 is 11.9 Å². The van der Waals surface area contributed by atoms with Crippen molar-refractivity contribution in [2.45, 2.75) is 25.7 Å². The summed E-state index contributed by atoms with van der Waals surface area (Å²) < 4.78 is 4.43. The molecule has 0 aromatic carbocycles. The molecule has 0 rings (SSSR count). The second-order valence-corrected chi connectivity index (χ2v) is 2.26. The summed E-state index contributed by atoms with van der Waals surface area (Å²) in [7, 11) is 0. The number of hydrogen-bond donors (Lipinski definition) is 1. The normalized spacial score (nSPS) is 9.00. The van der Waals surface area contributed by atoms with E-state index in [9.17, 15) is 9.59 Å². The molecular weight excluding hydrogens is 160 g/mol. The number of carbonyl (C=O) groups excluding carboxylic acids is 1. The Kier molecular flexibility index (Phi) is 5.69. The van der Waals surface area contributed by atoms with Crippen LogP contribution < -0.4 is 0 Å². The zero-order valence-corrected chi connectivity index (χ0v) is 6.78. The number of unbranched alkanes of at least 4 members (excludes halogenated alkanes) is 1. The highest BCUT2D eigenvalue weighted by atomic mass is 16.5. The molecule has 0 bridgehead atoms. The van der Waals surface area contributed by atoms with Crippen molar-refractivity contribution < 1.29 is 19.4 Å². The minimum atomic E-state index is -0.841. The van der Waals surface area contributed by atoms with Gasteiger partial charge in [-0.25, -0.2) is 0 Å². The molecule has 4 heteroatoms. The largest absolute Gasteiger partial charge is 0.481 e. The van der Waals surface area contributed by atoms with Crippen LogP contribution in [0.3, 0.4) is 0 Å². The Morgan fingerprint density at radius 1 is 1.33 bits per heavy atom. The Labute approximate surface area is 70.8 Å². The van der Waals surface area contributed by atoms with Crippen LogP contribution in [0.15, 0.2) is 12.8 Å². The number of rotatable bonds is 6. The van der Waals surface area contributed by atoms with Crippen LogP contribution in [0, 0.1) is 0 Å². The first-order valence-corrected chi connectivity index (χ1v) is 3.69. The van der Waals surface area contributed by atoms with Crippen LogP contribution in [0.5, 0.6) is 0 Å². The van der Waals surface area contributed by atoms with Gasteiger partial charge in [-0.05, 0) is 12.8 Å². The Hall–Kier alpha value is -1.32. The molecule has 0 aromatic rings. The van der Waals surface area contributed by atoms with E-state index in [1.54, 1.807) is 0 Å². The number of hydrogen-bond acceptors (Lipinski definition) is 3. The van der Waals surface area contributed by atoms with Crippen molar-refractivity contribution in [3.63, 3.8) is 0 Å². The van der Waals surface area contributed by atoms with Crippen molar-refractivity contribution in [3.8, 4) is 0 Å². The van der Waals surface area contributed by atoms with E-state index >= 15 is 0 Å². The molecule has 1 N–H and O–H groups in total. The summed E-state index contributed by atoms with van der Waals surface area (Å²) in [4.78, 5) is 20.7. The fraction of sp³-hybridized carbons (Fsp3) is 0.500. The van der Waals surface area contributed by atoms with Gasteiger partial charge in [-0.3, -0.25) is 9.59 Å². The van der Waals surface area contributed by atoms with E-state index in [4.69, 9.17) is 5.11 Å². The summed E-state index contributed by atoms with van der Waals surface area (Å²) >= 11 is 0. The number of esters is 1. The maximum atomic E-state index is 10.6. The lowest BCUT2D eigenvalue weighted by Crippen LogP contribution is -2.00. The summed E-state index contributed by atoms with van der Waals surface area (Å²) in [6.45, 7) is 3.22. The minimum absolute atomic E-state index is 0.0986. The fourth-order valence-electron chi connectivity index (χ4n) is 0.697. The summed E-state index contributed by atoms with van der Waals surface area (Å²) in [6, 6.07) is 0. The standard InChI is InChI=1S/C8H12O4/c1-2-12-8(11)6-4-3-5-7(9)10/h2H,1,3-6H2,(H,9,10). The molecule has 0 saturated carbocycles. The molecule has 0 spiro atoms. The SMILES string of the molecule is C=COC(=O)CCCCC(=O)O. The summed E-state index contributed by atoms with van der Waals surface area (Å²) in [6.07, 6.45) is 2.46. The first-order valence-electron chi connectivity index (χ1n) is 3.69. The molecule has 0 saturated heterocycles. The monoisotopic (exact) mass is 172 g/mol. The van der Waals surface area contributed by atoms with Crippen LogP contribution in [-0.2, 0) is 14.3 Å². The number of carboxylic acid groups (broad SMARTS) is 1. The average molecular weight is 172 g/mol. The van der Waals surface area contributed by atoms with Crippen molar-refractivity contribution in [3.05, 3.63) is 12.8 Å². The molecule has 12 heavy (non-hydrogen) atoms. The molecule has 4 nitrogen and oxygen atoms in total. The molecule has 0 unspecified atom stereocenters. The summed E-state index contributed by atoms with van der Waals surface area (Å²) in [5.74, 6) is -1.21. The van der Waals surface area contributed by atoms with E-state index in [2.05, 4.69) is 11.3 Å². The van der Waals surface area contributed by atoms with Gasteiger partial charge in [-0.2, -0.15) is 0 Å². The smallest absolute Gasteiger partial charge is 0.310 e. The third-order valence-electron chi connectivity index (χ3n) is 1.24. The van der Waals surface area contributed by atoms with Crippen molar-refractivity contribution >= 4 is 11.9 Å². The number of carboxylic acids is 1. The van der Waals surface area contributed by atoms with Gasteiger partial charge in [-0.15, -0.1) is 0 Å². The zero-order valence-electron chi connectivity index (χ0n) is 6.78. The van der Waals surface area contributed by atoms with E-state index in [0.29, 0.717) is 12.8 Å². The molecule has 68 valence electrons. The number of ether oxygens (including phenoxy) is 1. The second kappa shape index (κ2) is 6.39. The minimum Gasteiger partial charge on any atom is -0.481 e. The summed E-state index contributed by atoms with van der Waals surface area (Å²) in [5.41, 5.74) is 0. The molecule has 0 aliphatic carbocycles. The predicted octanol–water partition coefficient (Wildman–Crippen LogP) is 1.32.